The van der Waals surface area contributed by atoms with Crippen LogP contribution in [0.5, 0.6) is 0 Å². The van der Waals surface area contributed by atoms with E-state index in [0.29, 0.717) is 22.0 Å². The van der Waals surface area contributed by atoms with Crippen molar-refractivity contribution in [1.29, 1.82) is 0 Å². The number of hydrogen-bond donors (Lipinski definition) is 2. The van der Waals surface area contributed by atoms with E-state index in [1.165, 1.54) is 11.3 Å². The van der Waals surface area contributed by atoms with Gasteiger partial charge in [-0.05, 0) is 29.6 Å². The Kier molecular flexibility index (Phi) is 3.12. The first-order valence-corrected chi connectivity index (χ1v) is 5.79. The molecule has 16 heavy (non-hydrogen) atoms. The van der Waals surface area contributed by atoms with Crippen LogP contribution in [-0.2, 0) is 0 Å². The average molecular weight is 253 g/mol. The number of nitrogen functional groups attached to an aromatic ring is 1. The number of rotatable bonds is 2. The van der Waals surface area contributed by atoms with Crippen molar-refractivity contribution >= 4 is 34.3 Å². The quantitative estimate of drug-likeness (QED) is 0.373. The van der Waals surface area contributed by atoms with Gasteiger partial charge in [0, 0.05) is 16.3 Å². The summed E-state index contributed by atoms with van der Waals surface area (Å²) in [6.45, 7) is 0. The number of anilines is 1. The molecule has 3 nitrogen and oxygen atoms in total. The molecule has 0 aliphatic carbocycles. The van der Waals surface area contributed by atoms with Crippen LogP contribution in [0.25, 0.3) is 0 Å². The maximum atomic E-state index is 9.06. The SMILES string of the molecule is Nc1ccc(Cl)cc1C(=NO)c1cccs1. The van der Waals surface area contributed by atoms with Gasteiger partial charge in [-0.2, -0.15) is 0 Å². The van der Waals surface area contributed by atoms with Crippen LogP contribution in [0.4, 0.5) is 5.69 Å². The Bertz CT molecular complexity index is 523. The molecule has 2 aromatic rings. The predicted octanol–water partition coefficient (Wildman–Crippen LogP) is 3.21. The minimum Gasteiger partial charge on any atom is -0.410 e. The number of benzene rings is 1. The molecule has 0 aliphatic rings. The van der Waals surface area contributed by atoms with E-state index in [0.717, 1.165) is 4.88 Å². The first kappa shape index (κ1) is 11.0. The summed E-state index contributed by atoms with van der Waals surface area (Å²) in [7, 11) is 0. The fraction of sp³-hybridized carbons (Fsp3) is 0. The van der Waals surface area contributed by atoms with E-state index in [9.17, 15) is 0 Å². The Hall–Kier alpha value is -1.52. The average Bonchev–Trinajstić information content (AvgIpc) is 2.78. The number of hydrogen-bond acceptors (Lipinski definition) is 4. The third-order valence-corrected chi connectivity index (χ3v) is 3.24. The van der Waals surface area contributed by atoms with Gasteiger partial charge in [-0.3, -0.25) is 0 Å². The lowest BCUT2D eigenvalue weighted by Crippen LogP contribution is -2.05. The molecule has 1 heterocycles. The Balaban J connectivity index is 2.54. The lowest BCUT2D eigenvalue weighted by atomic mass is 10.1. The molecule has 0 unspecified atom stereocenters. The van der Waals surface area contributed by atoms with Crippen LogP contribution in [0, 0.1) is 0 Å². The molecule has 0 saturated carbocycles. The van der Waals surface area contributed by atoms with Crippen LogP contribution in [-0.4, -0.2) is 10.9 Å². The fourth-order valence-corrected chi connectivity index (χ4v) is 2.28. The van der Waals surface area contributed by atoms with E-state index >= 15 is 0 Å². The molecule has 0 saturated heterocycles. The van der Waals surface area contributed by atoms with Crippen molar-refractivity contribution in [3.8, 4) is 0 Å². The highest BCUT2D eigenvalue weighted by Crippen LogP contribution is 2.23. The molecular weight excluding hydrogens is 244 g/mol. The lowest BCUT2D eigenvalue weighted by Gasteiger charge is -2.06. The lowest BCUT2D eigenvalue weighted by molar-refractivity contribution is 0.320. The van der Waals surface area contributed by atoms with Crippen molar-refractivity contribution in [1.82, 2.24) is 0 Å². The van der Waals surface area contributed by atoms with Crippen LogP contribution in [0.2, 0.25) is 5.02 Å². The second-order valence-corrected chi connectivity index (χ2v) is 4.54. The monoisotopic (exact) mass is 252 g/mol. The van der Waals surface area contributed by atoms with Crippen LogP contribution in [0.1, 0.15) is 10.4 Å². The van der Waals surface area contributed by atoms with Gasteiger partial charge in [0.2, 0.25) is 0 Å². The molecule has 0 radical (unpaired) electrons. The van der Waals surface area contributed by atoms with Gasteiger partial charge in [0.15, 0.2) is 0 Å². The molecule has 0 spiro atoms. The maximum Gasteiger partial charge on any atom is 0.129 e. The van der Waals surface area contributed by atoms with Gasteiger partial charge in [0.05, 0.1) is 4.88 Å². The third kappa shape index (κ3) is 2.03. The van der Waals surface area contributed by atoms with Gasteiger partial charge < -0.3 is 10.9 Å². The Morgan fingerprint density at radius 2 is 2.19 bits per heavy atom. The third-order valence-electron chi connectivity index (χ3n) is 2.13. The zero-order valence-electron chi connectivity index (χ0n) is 8.22. The molecule has 0 amide bonds. The smallest absolute Gasteiger partial charge is 0.129 e. The van der Waals surface area contributed by atoms with Crippen molar-refractivity contribution in [3.63, 3.8) is 0 Å². The summed E-state index contributed by atoms with van der Waals surface area (Å²) in [6, 6.07) is 8.82. The van der Waals surface area contributed by atoms with Gasteiger partial charge in [0.1, 0.15) is 5.71 Å². The second kappa shape index (κ2) is 4.55. The molecule has 1 aromatic carbocycles. The molecule has 0 bridgehead atoms. The summed E-state index contributed by atoms with van der Waals surface area (Å²) in [5.74, 6) is 0. The first-order valence-electron chi connectivity index (χ1n) is 4.53. The van der Waals surface area contributed by atoms with E-state index in [4.69, 9.17) is 22.5 Å². The van der Waals surface area contributed by atoms with Gasteiger partial charge in [0.25, 0.3) is 0 Å². The molecule has 1 aromatic heterocycles. The summed E-state index contributed by atoms with van der Waals surface area (Å²) >= 11 is 7.37. The van der Waals surface area contributed by atoms with Gasteiger partial charge >= 0.3 is 0 Å². The van der Waals surface area contributed by atoms with Crippen molar-refractivity contribution in [3.05, 3.63) is 51.2 Å². The number of oxime groups is 1. The van der Waals surface area contributed by atoms with Gasteiger partial charge in [-0.1, -0.05) is 22.8 Å². The van der Waals surface area contributed by atoms with Gasteiger partial charge in [-0.15, -0.1) is 11.3 Å². The largest absolute Gasteiger partial charge is 0.410 e. The molecule has 0 aliphatic heterocycles. The molecule has 82 valence electrons. The predicted molar refractivity (Wildman–Crippen MR) is 67.6 cm³/mol. The first-order chi connectivity index (χ1) is 7.72. The minimum absolute atomic E-state index is 0.440. The Labute approximate surface area is 102 Å². The van der Waals surface area contributed by atoms with Crippen LogP contribution >= 0.6 is 22.9 Å². The van der Waals surface area contributed by atoms with E-state index in [2.05, 4.69) is 5.16 Å². The Morgan fingerprint density at radius 3 is 2.81 bits per heavy atom. The number of halogens is 1. The maximum absolute atomic E-state index is 9.06. The van der Waals surface area contributed by atoms with Crippen LogP contribution in [0.15, 0.2) is 40.9 Å². The van der Waals surface area contributed by atoms with Gasteiger partial charge in [-0.25, -0.2) is 0 Å². The Morgan fingerprint density at radius 1 is 1.38 bits per heavy atom. The minimum atomic E-state index is 0.440. The number of thiophene rings is 1. The van der Waals surface area contributed by atoms with Crippen molar-refractivity contribution in [2.24, 2.45) is 5.16 Å². The topological polar surface area (TPSA) is 58.6 Å². The van der Waals surface area contributed by atoms with Crippen LogP contribution < -0.4 is 5.73 Å². The molecule has 0 atom stereocenters. The number of nitrogens with zero attached hydrogens (tertiary/aromatic N) is 1. The summed E-state index contributed by atoms with van der Waals surface area (Å²) in [5, 5.41) is 14.8. The van der Waals surface area contributed by atoms with Crippen molar-refractivity contribution < 1.29 is 5.21 Å². The van der Waals surface area contributed by atoms with Crippen molar-refractivity contribution in [2.45, 2.75) is 0 Å². The molecule has 2 rings (SSSR count). The molecular formula is C11H9ClN2OS. The summed E-state index contributed by atoms with van der Waals surface area (Å²) in [5.41, 5.74) is 7.44. The van der Waals surface area contributed by atoms with E-state index in [-0.39, 0.29) is 0 Å². The molecule has 3 N–H and O–H groups in total. The molecule has 5 heteroatoms. The standard InChI is InChI=1S/C11H9ClN2OS/c12-7-3-4-9(13)8(6-7)11(14-15)10-2-1-5-16-10/h1-6,15H,13H2. The zero-order chi connectivity index (χ0) is 11.5. The highest BCUT2D eigenvalue weighted by atomic mass is 35.5. The summed E-state index contributed by atoms with van der Waals surface area (Å²) in [6.07, 6.45) is 0. The van der Waals surface area contributed by atoms with E-state index in [1.807, 2.05) is 17.5 Å². The van der Waals surface area contributed by atoms with Crippen LogP contribution in [0.3, 0.4) is 0 Å². The second-order valence-electron chi connectivity index (χ2n) is 3.16. The summed E-state index contributed by atoms with van der Waals surface area (Å²) in [4.78, 5) is 0.844. The summed E-state index contributed by atoms with van der Waals surface area (Å²) < 4.78 is 0. The van der Waals surface area contributed by atoms with E-state index < -0.39 is 0 Å². The van der Waals surface area contributed by atoms with E-state index in [1.54, 1.807) is 18.2 Å². The highest BCUT2D eigenvalue weighted by molar-refractivity contribution is 7.12. The number of nitrogens with two attached hydrogens (primary N) is 1. The zero-order valence-corrected chi connectivity index (χ0v) is 9.79. The van der Waals surface area contributed by atoms with Crippen molar-refractivity contribution in [2.75, 3.05) is 5.73 Å². The normalized spacial score (nSPS) is 11.7. The highest BCUT2D eigenvalue weighted by Gasteiger charge is 2.12. The fourth-order valence-electron chi connectivity index (χ4n) is 1.38. The molecule has 0 fully saturated rings.